The molecule has 7 heteroatoms. The normalized spacial score (nSPS) is 11.3. The van der Waals surface area contributed by atoms with Crippen molar-refractivity contribution in [3.8, 4) is 17.2 Å². The number of rotatable bonds is 6. The van der Waals surface area contributed by atoms with Gasteiger partial charge in [-0.2, -0.15) is 5.10 Å². The topological polar surface area (TPSA) is 85.6 Å². The van der Waals surface area contributed by atoms with Gasteiger partial charge in [-0.1, -0.05) is 32.9 Å². The van der Waals surface area contributed by atoms with Crippen LogP contribution in [0.5, 0.6) is 11.5 Å². The van der Waals surface area contributed by atoms with Crippen LogP contribution >= 0.6 is 0 Å². The van der Waals surface area contributed by atoms with Gasteiger partial charge in [0.1, 0.15) is 23.0 Å². The number of anilines is 2. The Hall–Kier alpha value is -3.48. The summed E-state index contributed by atoms with van der Waals surface area (Å²) < 4.78 is 12.5. The number of aromatic nitrogens is 2. The highest BCUT2D eigenvalue weighted by Crippen LogP contribution is 2.34. The second-order valence-corrected chi connectivity index (χ2v) is 8.04. The van der Waals surface area contributed by atoms with Crippen LogP contribution in [0.2, 0.25) is 0 Å². The molecule has 0 aliphatic carbocycles. The van der Waals surface area contributed by atoms with Gasteiger partial charge in [-0.15, -0.1) is 0 Å². The number of hydrogen-bond acceptors (Lipinski definition) is 5. The number of carbonyl (C=O) groups is 1. The Balaban J connectivity index is 2.20. The number of nitrogens with zero attached hydrogens (tertiary/aromatic N) is 2. The quantitative estimate of drug-likeness (QED) is 0.600. The summed E-state index contributed by atoms with van der Waals surface area (Å²) >= 11 is 0. The molecule has 3 rings (SSSR count). The molecule has 3 aromatic rings. The molecule has 2 aromatic carbocycles. The third kappa shape index (κ3) is 4.10. The van der Waals surface area contributed by atoms with Gasteiger partial charge in [0.25, 0.3) is 0 Å². The minimum Gasteiger partial charge on any atom is -0.497 e. The molecule has 1 aromatic heterocycles. The van der Waals surface area contributed by atoms with Gasteiger partial charge in [0.2, 0.25) is 0 Å². The second kappa shape index (κ2) is 8.10. The van der Waals surface area contributed by atoms with Crippen molar-refractivity contribution in [2.45, 2.75) is 33.1 Å². The summed E-state index contributed by atoms with van der Waals surface area (Å²) in [6.45, 7) is 8.22. The predicted octanol–water partition coefficient (Wildman–Crippen LogP) is 4.94. The maximum atomic E-state index is 11.8. The molecule has 1 heterocycles. The average molecular weight is 409 g/mol. The van der Waals surface area contributed by atoms with Crippen LogP contribution in [0.25, 0.3) is 5.69 Å². The molecular formula is C23H27N3O4. The molecular weight excluding hydrogens is 382 g/mol. The van der Waals surface area contributed by atoms with Crippen LogP contribution in [0.3, 0.4) is 0 Å². The van der Waals surface area contributed by atoms with Gasteiger partial charge in [-0.05, 0) is 36.8 Å². The summed E-state index contributed by atoms with van der Waals surface area (Å²) in [5, 5.41) is 17.8. The lowest BCUT2D eigenvalue weighted by atomic mass is 9.92. The number of aryl methyl sites for hydroxylation is 1. The van der Waals surface area contributed by atoms with E-state index in [2.05, 4.69) is 26.1 Å². The van der Waals surface area contributed by atoms with Crippen molar-refractivity contribution in [1.82, 2.24) is 9.78 Å². The Kier molecular flexibility index (Phi) is 5.73. The lowest BCUT2D eigenvalue weighted by molar-refractivity contribution is 0.0697. The van der Waals surface area contributed by atoms with Crippen LogP contribution in [-0.4, -0.2) is 35.1 Å². The minimum atomic E-state index is -1.05. The van der Waals surface area contributed by atoms with E-state index in [0.29, 0.717) is 23.0 Å². The van der Waals surface area contributed by atoms with Crippen molar-refractivity contribution in [1.29, 1.82) is 0 Å². The van der Waals surface area contributed by atoms with Crippen LogP contribution in [-0.2, 0) is 5.41 Å². The van der Waals surface area contributed by atoms with Crippen LogP contribution in [0.15, 0.2) is 42.5 Å². The van der Waals surface area contributed by atoms with E-state index in [1.165, 1.54) is 13.2 Å². The van der Waals surface area contributed by atoms with Crippen LogP contribution in [0.4, 0.5) is 11.5 Å². The SMILES string of the molecule is COc1ccc(Nc2cc(C(C)(C)C)nn2-c2c(C)cccc2OC)c(C(=O)O)c1. The van der Waals surface area contributed by atoms with Crippen LogP contribution in [0.1, 0.15) is 42.4 Å². The van der Waals surface area contributed by atoms with E-state index in [9.17, 15) is 9.90 Å². The molecule has 0 bridgehead atoms. The smallest absolute Gasteiger partial charge is 0.337 e. The molecule has 0 saturated carbocycles. The third-order valence-corrected chi connectivity index (χ3v) is 4.83. The molecule has 2 N–H and O–H groups in total. The molecule has 0 atom stereocenters. The van der Waals surface area contributed by atoms with Gasteiger partial charge in [-0.25, -0.2) is 9.48 Å². The number of carboxylic acids is 1. The number of benzene rings is 2. The fourth-order valence-electron chi connectivity index (χ4n) is 3.15. The molecule has 0 spiro atoms. The molecule has 158 valence electrons. The minimum absolute atomic E-state index is 0.108. The average Bonchev–Trinajstić information content (AvgIpc) is 3.11. The van der Waals surface area contributed by atoms with Crippen LogP contribution in [0, 0.1) is 6.92 Å². The van der Waals surface area contributed by atoms with Crippen LogP contribution < -0.4 is 14.8 Å². The highest BCUT2D eigenvalue weighted by Gasteiger charge is 2.23. The molecule has 0 saturated heterocycles. The molecule has 30 heavy (non-hydrogen) atoms. The van der Waals surface area contributed by atoms with Gasteiger partial charge in [-0.3, -0.25) is 0 Å². The number of hydrogen-bond donors (Lipinski definition) is 2. The summed E-state index contributed by atoms with van der Waals surface area (Å²) in [5.41, 5.74) is 2.99. The molecule has 0 aliphatic heterocycles. The van der Waals surface area contributed by atoms with Gasteiger partial charge in [0.15, 0.2) is 0 Å². The Labute approximate surface area is 176 Å². The summed E-state index contributed by atoms with van der Waals surface area (Å²) in [7, 11) is 3.12. The Bertz CT molecular complexity index is 1080. The summed E-state index contributed by atoms with van der Waals surface area (Å²) in [5.74, 6) is 0.740. The second-order valence-electron chi connectivity index (χ2n) is 8.04. The van der Waals surface area contributed by atoms with Gasteiger partial charge in [0, 0.05) is 11.5 Å². The third-order valence-electron chi connectivity index (χ3n) is 4.83. The van der Waals surface area contributed by atoms with Crippen molar-refractivity contribution in [3.05, 3.63) is 59.3 Å². The highest BCUT2D eigenvalue weighted by molar-refractivity contribution is 5.95. The maximum Gasteiger partial charge on any atom is 0.337 e. The fourth-order valence-corrected chi connectivity index (χ4v) is 3.15. The number of methoxy groups -OCH3 is 2. The molecule has 0 radical (unpaired) electrons. The number of para-hydroxylation sites is 1. The molecule has 0 aliphatic rings. The summed E-state index contributed by atoms with van der Waals surface area (Å²) in [6, 6.07) is 12.6. The van der Waals surface area contributed by atoms with Crippen molar-refractivity contribution in [2.24, 2.45) is 0 Å². The Morgan fingerprint density at radius 1 is 1.10 bits per heavy atom. The Morgan fingerprint density at radius 3 is 2.43 bits per heavy atom. The first kappa shape index (κ1) is 21.2. The maximum absolute atomic E-state index is 11.8. The van der Waals surface area contributed by atoms with Gasteiger partial charge >= 0.3 is 5.97 Å². The lowest BCUT2D eigenvalue weighted by Crippen LogP contribution is -2.13. The first-order valence-corrected chi connectivity index (χ1v) is 9.58. The number of ether oxygens (including phenoxy) is 2. The van der Waals surface area contributed by atoms with E-state index in [-0.39, 0.29) is 11.0 Å². The number of carboxylic acid groups (broad SMARTS) is 1. The van der Waals surface area contributed by atoms with Crippen molar-refractivity contribution >= 4 is 17.5 Å². The lowest BCUT2D eigenvalue weighted by Gasteiger charge is -2.16. The van der Waals surface area contributed by atoms with Crippen molar-refractivity contribution < 1.29 is 19.4 Å². The first-order valence-electron chi connectivity index (χ1n) is 9.58. The standard InChI is InChI=1S/C23H27N3O4/c1-14-8-7-9-18(30-6)21(14)26-20(13-19(25-26)23(2,3)4)24-17-11-10-15(29-5)12-16(17)22(27)28/h7-13,24H,1-6H3,(H,27,28). The van der Waals surface area contributed by atoms with E-state index in [4.69, 9.17) is 14.6 Å². The molecule has 0 fully saturated rings. The summed E-state index contributed by atoms with van der Waals surface area (Å²) in [4.78, 5) is 11.8. The largest absolute Gasteiger partial charge is 0.497 e. The molecule has 7 nitrogen and oxygen atoms in total. The summed E-state index contributed by atoms with van der Waals surface area (Å²) in [6.07, 6.45) is 0. The zero-order chi connectivity index (χ0) is 22.1. The van der Waals surface area contributed by atoms with E-state index in [1.54, 1.807) is 23.9 Å². The molecule has 0 unspecified atom stereocenters. The van der Waals surface area contributed by atoms with E-state index in [0.717, 1.165) is 16.9 Å². The number of aromatic carboxylic acids is 1. The van der Waals surface area contributed by atoms with Crippen molar-refractivity contribution in [3.63, 3.8) is 0 Å². The molecule has 0 amide bonds. The predicted molar refractivity (Wildman–Crippen MR) is 117 cm³/mol. The first-order chi connectivity index (χ1) is 14.2. The van der Waals surface area contributed by atoms with E-state index in [1.807, 2.05) is 31.2 Å². The highest BCUT2D eigenvalue weighted by atomic mass is 16.5. The van der Waals surface area contributed by atoms with Crippen molar-refractivity contribution in [2.75, 3.05) is 19.5 Å². The monoisotopic (exact) mass is 409 g/mol. The van der Waals surface area contributed by atoms with Gasteiger partial charge < -0.3 is 19.9 Å². The number of nitrogens with one attached hydrogen (secondary N) is 1. The zero-order valence-corrected chi connectivity index (χ0v) is 18.1. The zero-order valence-electron chi connectivity index (χ0n) is 18.1. The fraction of sp³-hybridized carbons (Fsp3) is 0.304. The Morgan fingerprint density at radius 2 is 1.83 bits per heavy atom. The van der Waals surface area contributed by atoms with Gasteiger partial charge in [0.05, 0.1) is 31.2 Å². The van der Waals surface area contributed by atoms with E-state index < -0.39 is 5.97 Å². The van der Waals surface area contributed by atoms with E-state index >= 15 is 0 Å².